The Morgan fingerprint density at radius 3 is 2.79 bits per heavy atom. The monoisotopic (exact) mass is 416 g/mol. The first-order valence-corrected chi connectivity index (χ1v) is 10.6. The molecule has 0 radical (unpaired) electrons. The number of carbonyl (C=O) groups is 2. The summed E-state index contributed by atoms with van der Waals surface area (Å²) in [5.41, 5.74) is 6.99. The molecule has 1 aromatic heterocycles. The maximum atomic E-state index is 12.3. The molecule has 2 N–H and O–H groups in total. The van der Waals surface area contributed by atoms with E-state index in [2.05, 4.69) is 20.7 Å². The van der Waals surface area contributed by atoms with Crippen molar-refractivity contribution >= 4 is 23.2 Å². The Morgan fingerprint density at radius 2 is 2.00 bits per heavy atom. The van der Waals surface area contributed by atoms with Gasteiger partial charge in [0.25, 0.3) is 5.91 Å². The predicted octanol–water partition coefficient (Wildman–Crippen LogP) is 1.75. The molecule has 1 fully saturated rings. The van der Waals surface area contributed by atoms with Crippen molar-refractivity contribution in [3.8, 4) is 11.5 Å². The van der Waals surface area contributed by atoms with Crippen molar-refractivity contribution in [1.29, 1.82) is 0 Å². The van der Waals surface area contributed by atoms with E-state index < -0.39 is 0 Å². The number of aromatic nitrogens is 1. The lowest BCUT2D eigenvalue weighted by molar-refractivity contribution is -0.129. The molecular weight excluding hydrogens is 392 g/mol. The third kappa shape index (κ3) is 4.86. The van der Waals surface area contributed by atoms with Crippen LogP contribution in [-0.2, 0) is 16.0 Å². The molecular formula is C20H24N4O4S. The first-order valence-electron chi connectivity index (χ1n) is 9.71. The normalized spacial score (nSPS) is 18.4. The van der Waals surface area contributed by atoms with Gasteiger partial charge in [-0.2, -0.15) is 0 Å². The number of thiazole rings is 1. The smallest absolute Gasteiger partial charge is 0.252 e. The van der Waals surface area contributed by atoms with Gasteiger partial charge in [0.15, 0.2) is 11.5 Å². The van der Waals surface area contributed by atoms with Crippen LogP contribution in [0.4, 0.5) is 0 Å². The minimum absolute atomic E-state index is 0.144. The van der Waals surface area contributed by atoms with Gasteiger partial charge in [-0.1, -0.05) is 6.07 Å². The molecule has 0 bridgehead atoms. The highest BCUT2D eigenvalue weighted by Gasteiger charge is 2.28. The zero-order valence-corrected chi connectivity index (χ0v) is 17.1. The van der Waals surface area contributed by atoms with Gasteiger partial charge in [0.2, 0.25) is 5.91 Å². The number of carbonyl (C=O) groups excluding carboxylic acids is 2. The molecule has 1 atom stereocenters. The number of hydrazine groups is 1. The summed E-state index contributed by atoms with van der Waals surface area (Å²) in [7, 11) is 0. The Labute approximate surface area is 173 Å². The molecule has 0 saturated carbocycles. The molecule has 2 amide bonds. The Morgan fingerprint density at radius 1 is 1.21 bits per heavy atom. The first-order chi connectivity index (χ1) is 14.1. The van der Waals surface area contributed by atoms with Crippen molar-refractivity contribution in [2.45, 2.75) is 32.2 Å². The average Bonchev–Trinajstić information content (AvgIpc) is 3.34. The number of hydrogen-bond donors (Lipinski definition) is 2. The van der Waals surface area contributed by atoms with Crippen LogP contribution in [0.25, 0.3) is 0 Å². The maximum absolute atomic E-state index is 12.3. The Kier molecular flexibility index (Phi) is 5.96. The summed E-state index contributed by atoms with van der Waals surface area (Å²) >= 11 is 1.43. The van der Waals surface area contributed by atoms with Crippen LogP contribution in [-0.4, -0.2) is 48.0 Å². The molecule has 2 aliphatic heterocycles. The fraction of sp³-hybridized carbons (Fsp3) is 0.450. The van der Waals surface area contributed by atoms with Crippen LogP contribution in [0.2, 0.25) is 0 Å². The molecule has 8 nitrogen and oxygen atoms in total. The van der Waals surface area contributed by atoms with Crippen molar-refractivity contribution in [3.05, 3.63) is 39.8 Å². The predicted molar refractivity (Wildman–Crippen MR) is 108 cm³/mol. The summed E-state index contributed by atoms with van der Waals surface area (Å²) in [6.45, 7) is 4.05. The third-order valence-electron chi connectivity index (χ3n) is 4.98. The van der Waals surface area contributed by atoms with E-state index in [1.807, 2.05) is 30.5 Å². The molecule has 2 aromatic rings. The minimum Gasteiger partial charge on any atom is -0.486 e. The van der Waals surface area contributed by atoms with E-state index >= 15 is 0 Å². The van der Waals surface area contributed by atoms with Crippen molar-refractivity contribution in [1.82, 2.24) is 20.7 Å². The van der Waals surface area contributed by atoms with Gasteiger partial charge in [0.1, 0.15) is 18.2 Å². The number of fused-ring (bicyclic) bond motifs is 1. The Balaban J connectivity index is 1.30. The highest BCUT2D eigenvalue weighted by molar-refractivity contribution is 7.09. The fourth-order valence-electron chi connectivity index (χ4n) is 3.69. The fourth-order valence-corrected chi connectivity index (χ4v) is 4.46. The summed E-state index contributed by atoms with van der Waals surface area (Å²) in [6, 6.07) is 6.12. The van der Waals surface area contributed by atoms with Gasteiger partial charge in [-0.25, -0.2) is 4.98 Å². The second-order valence-electron chi connectivity index (χ2n) is 7.19. The zero-order valence-electron chi connectivity index (χ0n) is 16.3. The average molecular weight is 417 g/mol. The van der Waals surface area contributed by atoms with E-state index in [4.69, 9.17) is 9.47 Å². The number of rotatable bonds is 5. The minimum atomic E-state index is -0.280. The molecule has 3 heterocycles. The summed E-state index contributed by atoms with van der Waals surface area (Å²) in [5, 5.41) is 2.62. The molecule has 9 heteroatoms. The van der Waals surface area contributed by atoms with Crippen LogP contribution in [0.15, 0.2) is 23.6 Å². The molecule has 154 valence electrons. The second-order valence-corrected chi connectivity index (χ2v) is 8.13. The zero-order chi connectivity index (χ0) is 20.2. The highest BCUT2D eigenvalue weighted by atomic mass is 32.1. The molecule has 29 heavy (non-hydrogen) atoms. The number of nitrogens with zero attached hydrogens (tertiary/aromatic N) is 2. The number of amides is 2. The molecule has 0 aliphatic carbocycles. The summed E-state index contributed by atoms with van der Waals surface area (Å²) in [4.78, 5) is 30.7. The van der Waals surface area contributed by atoms with Crippen molar-refractivity contribution in [2.75, 3.05) is 26.3 Å². The largest absolute Gasteiger partial charge is 0.486 e. The summed E-state index contributed by atoms with van der Waals surface area (Å²) in [5.74, 6) is 1.01. The molecule has 4 rings (SSSR count). The maximum Gasteiger partial charge on any atom is 0.252 e. The van der Waals surface area contributed by atoms with E-state index in [0.29, 0.717) is 13.2 Å². The quantitative estimate of drug-likeness (QED) is 0.722. The van der Waals surface area contributed by atoms with Gasteiger partial charge >= 0.3 is 0 Å². The van der Waals surface area contributed by atoms with Crippen LogP contribution in [0.1, 0.15) is 35.1 Å². The molecule has 2 aliphatic rings. The van der Waals surface area contributed by atoms with Crippen LogP contribution in [0.3, 0.4) is 0 Å². The van der Waals surface area contributed by atoms with E-state index in [1.165, 1.54) is 11.3 Å². The van der Waals surface area contributed by atoms with Crippen LogP contribution < -0.4 is 20.3 Å². The SMILES string of the molecule is Cc1csc(CC(=O)NNC(=O)CN2CCCC2c2ccc3c(c2)OCCO3)n1. The number of aryl methyl sites for hydroxylation is 1. The lowest BCUT2D eigenvalue weighted by atomic mass is 10.0. The van der Waals surface area contributed by atoms with E-state index in [1.54, 1.807) is 0 Å². The first kappa shape index (κ1) is 19.7. The number of hydrogen-bond acceptors (Lipinski definition) is 7. The van der Waals surface area contributed by atoms with Gasteiger partial charge in [-0.05, 0) is 44.0 Å². The summed E-state index contributed by atoms with van der Waals surface area (Å²) in [6.07, 6.45) is 2.15. The standard InChI is InChI=1S/C20H24N4O4S/c1-13-12-29-20(21-13)10-18(25)22-23-19(26)11-24-6-2-3-15(24)14-4-5-16-17(9-14)28-8-7-27-16/h4-5,9,12,15H,2-3,6-8,10-11H2,1H3,(H,22,25)(H,23,26). The van der Waals surface area contributed by atoms with Crippen LogP contribution >= 0.6 is 11.3 Å². The number of likely N-dealkylation sites (tertiary alicyclic amines) is 1. The second kappa shape index (κ2) is 8.79. The van der Waals surface area contributed by atoms with Gasteiger partial charge in [0, 0.05) is 17.1 Å². The van der Waals surface area contributed by atoms with Crippen LogP contribution in [0.5, 0.6) is 11.5 Å². The molecule has 0 spiro atoms. The number of benzene rings is 1. The van der Waals surface area contributed by atoms with Crippen molar-refractivity contribution < 1.29 is 19.1 Å². The van der Waals surface area contributed by atoms with Gasteiger partial charge < -0.3 is 9.47 Å². The highest BCUT2D eigenvalue weighted by Crippen LogP contribution is 2.37. The Hall–Kier alpha value is -2.65. The van der Waals surface area contributed by atoms with E-state index in [-0.39, 0.29) is 30.8 Å². The van der Waals surface area contributed by atoms with E-state index in [9.17, 15) is 9.59 Å². The van der Waals surface area contributed by atoms with Gasteiger partial charge in [-0.3, -0.25) is 25.3 Å². The lowest BCUT2D eigenvalue weighted by Gasteiger charge is -2.26. The van der Waals surface area contributed by atoms with Crippen LogP contribution in [0, 0.1) is 6.92 Å². The van der Waals surface area contributed by atoms with E-state index in [0.717, 1.165) is 47.2 Å². The van der Waals surface area contributed by atoms with Gasteiger partial charge in [-0.15, -0.1) is 11.3 Å². The third-order valence-corrected chi connectivity index (χ3v) is 5.95. The van der Waals surface area contributed by atoms with Gasteiger partial charge in [0.05, 0.1) is 13.0 Å². The molecule has 1 unspecified atom stereocenters. The number of ether oxygens (including phenoxy) is 2. The Bertz CT molecular complexity index is 900. The summed E-state index contributed by atoms with van der Waals surface area (Å²) < 4.78 is 11.3. The number of nitrogens with one attached hydrogen (secondary N) is 2. The lowest BCUT2D eigenvalue weighted by Crippen LogP contribution is -2.46. The molecule has 1 aromatic carbocycles. The van der Waals surface area contributed by atoms with Crippen molar-refractivity contribution in [2.24, 2.45) is 0 Å². The van der Waals surface area contributed by atoms with Crippen molar-refractivity contribution in [3.63, 3.8) is 0 Å². The molecule has 1 saturated heterocycles. The topological polar surface area (TPSA) is 92.8 Å².